The number of rotatable bonds is 5. The van der Waals surface area contributed by atoms with E-state index in [1.165, 1.54) is 18.8 Å². The molecule has 0 spiro atoms. The molecule has 0 aliphatic carbocycles. The molecule has 6 heteroatoms. The highest BCUT2D eigenvalue weighted by Crippen LogP contribution is 2.25. The van der Waals surface area contributed by atoms with E-state index in [1.54, 1.807) is 0 Å². The van der Waals surface area contributed by atoms with E-state index >= 15 is 0 Å². The fourth-order valence-corrected chi connectivity index (χ4v) is 2.68. The highest BCUT2D eigenvalue weighted by atomic mass is 16.1. The van der Waals surface area contributed by atoms with Crippen LogP contribution in [0.5, 0.6) is 0 Å². The van der Waals surface area contributed by atoms with E-state index in [-0.39, 0.29) is 11.3 Å². The Bertz CT molecular complexity index is 944. The van der Waals surface area contributed by atoms with Gasteiger partial charge in [0, 0.05) is 30.1 Å². The third-order valence-electron chi connectivity index (χ3n) is 4.17. The molecule has 1 amide bonds. The molecule has 1 heterocycles. The largest absolute Gasteiger partial charge is 0.340 e. The lowest BCUT2D eigenvalue weighted by molar-refractivity contribution is -0.114. The number of aromatic nitrogens is 2. The second-order valence-electron chi connectivity index (χ2n) is 7.62. The van der Waals surface area contributed by atoms with Gasteiger partial charge in [-0.15, -0.1) is 0 Å². The van der Waals surface area contributed by atoms with Gasteiger partial charge in [-0.3, -0.25) is 4.79 Å². The predicted molar refractivity (Wildman–Crippen MR) is 114 cm³/mol. The minimum atomic E-state index is -0.0947. The maximum atomic E-state index is 11.1. The average molecular weight is 375 g/mol. The number of benzene rings is 2. The molecule has 3 rings (SSSR count). The van der Waals surface area contributed by atoms with Crippen molar-refractivity contribution < 1.29 is 4.79 Å². The summed E-state index contributed by atoms with van der Waals surface area (Å²) in [5, 5.41) is 9.28. The van der Waals surface area contributed by atoms with Crippen molar-refractivity contribution in [1.82, 2.24) is 9.97 Å². The zero-order valence-corrected chi connectivity index (χ0v) is 16.6. The number of amides is 1. The molecule has 1 aromatic heterocycles. The lowest BCUT2D eigenvalue weighted by Crippen LogP contribution is -2.10. The maximum absolute atomic E-state index is 11.1. The fraction of sp³-hybridized carbons (Fsp3) is 0.227. The zero-order valence-electron chi connectivity index (χ0n) is 16.6. The summed E-state index contributed by atoms with van der Waals surface area (Å²) < 4.78 is 0. The number of hydrogen-bond acceptors (Lipinski definition) is 5. The Hall–Kier alpha value is -3.41. The van der Waals surface area contributed by atoms with Gasteiger partial charge in [0.25, 0.3) is 0 Å². The minimum absolute atomic E-state index is 0.0947. The van der Waals surface area contributed by atoms with Crippen LogP contribution in [0.3, 0.4) is 0 Å². The molecular formula is C22H25N5O. The molecule has 2 aromatic carbocycles. The van der Waals surface area contributed by atoms with Crippen LogP contribution in [0.1, 0.15) is 33.3 Å². The second kappa shape index (κ2) is 8.08. The van der Waals surface area contributed by atoms with Crippen LogP contribution >= 0.6 is 0 Å². The third-order valence-corrected chi connectivity index (χ3v) is 4.17. The van der Waals surface area contributed by atoms with E-state index in [1.807, 2.05) is 30.3 Å². The molecule has 0 radical (unpaired) electrons. The first-order valence-electron chi connectivity index (χ1n) is 9.14. The molecule has 0 aliphatic rings. The van der Waals surface area contributed by atoms with E-state index in [9.17, 15) is 4.79 Å². The molecule has 0 fully saturated rings. The summed E-state index contributed by atoms with van der Waals surface area (Å²) >= 11 is 0. The number of nitrogens with zero attached hydrogens (tertiary/aromatic N) is 2. The summed E-state index contributed by atoms with van der Waals surface area (Å²) in [5.41, 5.74) is 4.00. The van der Waals surface area contributed by atoms with Crippen LogP contribution in [-0.2, 0) is 10.2 Å². The van der Waals surface area contributed by atoms with Crippen molar-refractivity contribution >= 4 is 34.6 Å². The van der Waals surface area contributed by atoms with Gasteiger partial charge in [-0.25, -0.2) is 9.97 Å². The summed E-state index contributed by atoms with van der Waals surface area (Å²) in [6.07, 6.45) is 1.51. The molecule has 0 unspecified atom stereocenters. The van der Waals surface area contributed by atoms with E-state index < -0.39 is 0 Å². The van der Waals surface area contributed by atoms with Gasteiger partial charge in [-0.1, -0.05) is 32.9 Å². The van der Waals surface area contributed by atoms with E-state index in [2.05, 4.69) is 71.0 Å². The zero-order chi connectivity index (χ0) is 20.1. The SMILES string of the molecule is CC(=O)Nc1ccc(Nc2cc(Nc3ccc(C(C)(C)C)cc3)ncn2)cc1. The third kappa shape index (κ3) is 5.30. The molecule has 3 aromatic rings. The van der Waals surface area contributed by atoms with Gasteiger partial charge in [0.2, 0.25) is 5.91 Å². The molecule has 0 atom stereocenters. The molecule has 0 saturated heterocycles. The number of carbonyl (C=O) groups excluding carboxylic acids is 1. The van der Waals surface area contributed by atoms with Crippen molar-refractivity contribution in [1.29, 1.82) is 0 Å². The second-order valence-corrected chi connectivity index (χ2v) is 7.62. The molecule has 6 nitrogen and oxygen atoms in total. The maximum Gasteiger partial charge on any atom is 0.221 e. The Balaban J connectivity index is 1.67. The summed E-state index contributed by atoms with van der Waals surface area (Å²) in [6, 6.07) is 17.6. The van der Waals surface area contributed by atoms with Gasteiger partial charge < -0.3 is 16.0 Å². The Morgan fingerprint density at radius 1 is 0.786 bits per heavy atom. The highest BCUT2D eigenvalue weighted by Gasteiger charge is 2.12. The number of carbonyl (C=O) groups is 1. The van der Waals surface area contributed by atoms with Gasteiger partial charge in [-0.05, 0) is 47.4 Å². The van der Waals surface area contributed by atoms with Gasteiger partial charge in [-0.2, -0.15) is 0 Å². The van der Waals surface area contributed by atoms with Crippen LogP contribution in [0.4, 0.5) is 28.7 Å². The first-order valence-corrected chi connectivity index (χ1v) is 9.14. The average Bonchev–Trinajstić information content (AvgIpc) is 2.63. The standard InChI is InChI=1S/C22H25N5O/c1-15(28)25-17-9-11-19(12-10-17)27-21-13-20(23-14-24-21)26-18-7-5-16(6-8-18)22(2,3)4/h5-14H,1-4H3,(H,25,28)(H2,23,24,26,27). The van der Waals surface area contributed by atoms with Crippen LogP contribution in [0.2, 0.25) is 0 Å². The van der Waals surface area contributed by atoms with E-state index in [4.69, 9.17) is 0 Å². The van der Waals surface area contributed by atoms with Gasteiger partial charge in [0.15, 0.2) is 0 Å². The van der Waals surface area contributed by atoms with Gasteiger partial charge in [0.1, 0.15) is 18.0 Å². The molecule has 3 N–H and O–H groups in total. The quantitative estimate of drug-likeness (QED) is 0.570. The van der Waals surface area contributed by atoms with Gasteiger partial charge >= 0.3 is 0 Å². The lowest BCUT2D eigenvalue weighted by atomic mass is 9.87. The van der Waals surface area contributed by atoms with Crippen LogP contribution in [-0.4, -0.2) is 15.9 Å². The van der Waals surface area contributed by atoms with Crippen molar-refractivity contribution in [3.05, 3.63) is 66.5 Å². The fourth-order valence-electron chi connectivity index (χ4n) is 2.68. The summed E-state index contributed by atoms with van der Waals surface area (Å²) in [4.78, 5) is 19.6. The molecule has 0 aliphatic heterocycles. The Kier molecular flexibility index (Phi) is 5.59. The number of hydrogen-bond donors (Lipinski definition) is 3. The first-order chi connectivity index (χ1) is 13.3. The molecule has 28 heavy (non-hydrogen) atoms. The topological polar surface area (TPSA) is 78.9 Å². The lowest BCUT2D eigenvalue weighted by Gasteiger charge is -2.19. The number of nitrogens with one attached hydrogen (secondary N) is 3. The predicted octanol–water partition coefficient (Wildman–Crippen LogP) is 5.22. The van der Waals surface area contributed by atoms with Crippen molar-refractivity contribution in [3.63, 3.8) is 0 Å². The Morgan fingerprint density at radius 2 is 1.25 bits per heavy atom. The van der Waals surface area contributed by atoms with Crippen LogP contribution < -0.4 is 16.0 Å². The van der Waals surface area contributed by atoms with Crippen LogP contribution in [0.15, 0.2) is 60.9 Å². The van der Waals surface area contributed by atoms with Gasteiger partial charge in [0.05, 0.1) is 0 Å². The van der Waals surface area contributed by atoms with Crippen molar-refractivity contribution in [2.45, 2.75) is 33.1 Å². The minimum Gasteiger partial charge on any atom is -0.340 e. The summed E-state index contributed by atoms with van der Waals surface area (Å²) in [5.74, 6) is 1.29. The first kappa shape index (κ1) is 19.4. The van der Waals surface area contributed by atoms with Crippen molar-refractivity contribution in [2.24, 2.45) is 0 Å². The van der Waals surface area contributed by atoms with Crippen molar-refractivity contribution in [3.8, 4) is 0 Å². The number of anilines is 5. The Morgan fingerprint density at radius 3 is 1.71 bits per heavy atom. The highest BCUT2D eigenvalue weighted by molar-refractivity contribution is 5.88. The summed E-state index contributed by atoms with van der Waals surface area (Å²) in [6.45, 7) is 8.07. The smallest absolute Gasteiger partial charge is 0.221 e. The normalized spacial score (nSPS) is 11.0. The Labute approximate surface area is 165 Å². The van der Waals surface area contributed by atoms with E-state index in [0.717, 1.165) is 17.1 Å². The molecule has 0 saturated carbocycles. The summed E-state index contributed by atoms with van der Waals surface area (Å²) in [7, 11) is 0. The molecule has 0 bridgehead atoms. The molecule has 144 valence electrons. The van der Waals surface area contributed by atoms with E-state index in [0.29, 0.717) is 11.6 Å². The molecular weight excluding hydrogens is 350 g/mol. The monoisotopic (exact) mass is 375 g/mol. The van der Waals surface area contributed by atoms with Crippen LogP contribution in [0.25, 0.3) is 0 Å². The van der Waals surface area contributed by atoms with Crippen LogP contribution in [0, 0.1) is 0 Å². The van der Waals surface area contributed by atoms with Crippen molar-refractivity contribution in [2.75, 3.05) is 16.0 Å².